The predicted molar refractivity (Wildman–Crippen MR) is 81.0 cm³/mol. The zero-order chi connectivity index (χ0) is 14.0. The molecular weight excluding hydrogens is 240 g/mol. The fraction of sp³-hybridized carbons (Fsp3) is 0.625. The molecule has 1 aromatic carbocycles. The summed E-state index contributed by atoms with van der Waals surface area (Å²) in [4.78, 5) is 1.06. The van der Waals surface area contributed by atoms with Crippen LogP contribution in [-0.2, 0) is 10.8 Å². The normalized spacial score (nSPS) is 13.7. The van der Waals surface area contributed by atoms with E-state index in [4.69, 9.17) is 0 Å². The molecule has 0 aliphatic carbocycles. The summed E-state index contributed by atoms with van der Waals surface area (Å²) in [6.07, 6.45) is 1.79. The Labute approximate surface area is 114 Å². The summed E-state index contributed by atoms with van der Waals surface area (Å²) < 4.78 is 12.1. The topological polar surface area (TPSA) is 17.1 Å². The number of hydrogen-bond donors (Lipinski definition) is 0. The second-order valence-electron chi connectivity index (χ2n) is 5.95. The molecule has 0 saturated heterocycles. The van der Waals surface area contributed by atoms with Gasteiger partial charge in [0.15, 0.2) is 0 Å². The Morgan fingerprint density at radius 2 is 1.22 bits per heavy atom. The summed E-state index contributed by atoms with van der Waals surface area (Å²) in [6.45, 7) is 13.2. The molecule has 1 nitrogen and oxygen atoms in total. The molecule has 0 bridgehead atoms. The standard InChI is InChI=1S/C16H26OS/c1-10(2)13-8-14(11(3)4)16(18(7)17)15(9-13)12(5)6/h8-12H,1-7H3/t18-/m1/s1. The third-order valence-corrected chi connectivity index (χ3v) is 4.41. The molecule has 0 aliphatic heterocycles. The molecule has 1 aromatic rings. The fourth-order valence-electron chi connectivity index (χ4n) is 2.22. The molecule has 0 amide bonds. The molecule has 0 fully saturated rings. The highest BCUT2D eigenvalue weighted by atomic mass is 32.2. The van der Waals surface area contributed by atoms with E-state index in [0.29, 0.717) is 17.8 Å². The van der Waals surface area contributed by atoms with Gasteiger partial charge in [-0.15, -0.1) is 0 Å². The minimum absolute atomic E-state index is 0.417. The average Bonchev–Trinajstić information content (AvgIpc) is 2.26. The monoisotopic (exact) mass is 266 g/mol. The maximum Gasteiger partial charge on any atom is 0.0503 e. The van der Waals surface area contributed by atoms with Crippen LogP contribution in [0, 0.1) is 0 Å². The molecule has 0 heterocycles. The van der Waals surface area contributed by atoms with E-state index >= 15 is 0 Å². The molecule has 0 spiro atoms. The highest BCUT2D eigenvalue weighted by molar-refractivity contribution is 7.84. The van der Waals surface area contributed by atoms with Crippen LogP contribution < -0.4 is 0 Å². The summed E-state index contributed by atoms with van der Waals surface area (Å²) in [5.41, 5.74) is 3.87. The zero-order valence-corrected chi connectivity index (χ0v) is 13.5. The van der Waals surface area contributed by atoms with Gasteiger partial charge < -0.3 is 0 Å². The van der Waals surface area contributed by atoms with Gasteiger partial charge in [0.25, 0.3) is 0 Å². The van der Waals surface area contributed by atoms with E-state index in [2.05, 4.69) is 53.7 Å². The molecule has 1 rings (SSSR count). The quantitative estimate of drug-likeness (QED) is 0.765. The van der Waals surface area contributed by atoms with Crippen molar-refractivity contribution in [3.63, 3.8) is 0 Å². The first-order chi connectivity index (χ1) is 8.25. The molecule has 102 valence electrons. The molecule has 0 unspecified atom stereocenters. The van der Waals surface area contributed by atoms with Crippen LogP contribution in [0.25, 0.3) is 0 Å². The molecule has 2 heteroatoms. The maximum absolute atomic E-state index is 12.1. The van der Waals surface area contributed by atoms with Crippen molar-refractivity contribution in [1.29, 1.82) is 0 Å². The Kier molecular flexibility index (Phi) is 5.15. The Morgan fingerprint density at radius 3 is 1.44 bits per heavy atom. The van der Waals surface area contributed by atoms with Crippen molar-refractivity contribution >= 4 is 10.8 Å². The van der Waals surface area contributed by atoms with Gasteiger partial charge in [0.2, 0.25) is 0 Å². The third kappa shape index (κ3) is 3.23. The summed E-state index contributed by atoms with van der Waals surface area (Å²) in [6, 6.07) is 4.50. The largest absolute Gasteiger partial charge is 0.255 e. The Bertz CT molecular complexity index is 415. The van der Waals surface area contributed by atoms with Crippen molar-refractivity contribution < 1.29 is 4.21 Å². The number of hydrogen-bond acceptors (Lipinski definition) is 1. The van der Waals surface area contributed by atoms with Crippen LogP contribution in [-0.4, -0.2) is 10.5 Å². The molecule has 0 aliphatic rings. The van der Waals surface area contributed by atoms with Crippen LogP contribution in [0.3, 0.4) is 0 Å². The van der Waals surface area contributed by atoms with Crippen molar-refractivity contribution in [3.05, 3.63) is 28.8 Å². The Balaban J connectivity index is 3.60. The van der Waals surface area contributed by atoms with Gasteiger partial charge in [0.1, 0.15) is 0 Å². The number of benzene rings is 1. The van der Waals surface area contributed by atoms with E-state index in [1.54, 1.807) is 6.26 Å². The SMILES string of the molecule is CC(C)c1cc(C(C)C)c([S@@](C)=O)c(C(C)C)c1. The molecule has 0 radical (unpaired) electrons. The van der Waals surface area contributed by atoms with Crippen molar-refractivity contribution in [2.45, 2.75) is 64.2 Å². The van der Waals surface area contributed by atoms with Crippen LogP contribution in [0.15, 0.2) is 17.0 Å². The summed E-state index contributed by atoms with van der Waals surface area (Å²) >= 11 is 0. The van der Waals surface area contributed by atoms with Gasteiger partial charge in [-0.2, -0.15) is 0 Å². The summed E-state index contributed by atoms with van der Waals surface area (Å²) in [5.74, 6) is 1.35. The van der Waals surface area contributed by atoms with Crippen molar-refractivity contribution in [1.82, 2.24) is 0 Å². The Hall–Kier alpha value is -0.630. The van der Waals surface area contributed by atoms with Gasteiger partial charge in [-0.3, -0.25) is 4.21 Å². The van der Waals surface area contributed by atoms with Crippen molar-refractivity contribution in [2.24, 2.45) is 0 Å². The molecule has 0 N–H and O–H groups in total. The van der Waals surface area contributed by atoms with Crippen molar-refractivity contribution in [3.8, 4) is 0 Å². The van der Waals surface area contributed by atoms with Crippen LogP contribution in [0.2, 0.25) is 0 Å². The average molecular weight is 266 g/mol. The first kappa shape index (κ1) is 15.4. The van der Waals surface area contributed by atoms with Crippen LogP contribution >= 0.6 is 0 Å². The van der Waals surface area contributed by atoms with Gasteiger partial charge in [-0.05, 0) is 34.4 Å². The van der Waals surface area contributed by atoms with E-state index in [-0.39, 0.29) is 0 Å². The summed E-state index contributed by atoms with van der Waals surface area (Å²) in [7, 11) is -0.915. The molecule has 0 saturated carbocycles. The second kappa shape index (κ2) is 6.01. The lowest BCUT2D eigenvalue weighted by molar-refractivity contribution is 0.680. The van der Waals surface area contributed by atoms with Crippen LogP contribution in [0.1, 0.15) is 76.0 Å². The van der Waals surface area contributed by atoms with Crippen molar-refractivity contribution in [2.75, 3.05) is 6.26 Å². The smallest absolute Gasteiger partial charge is 0.0503 e. The highest BCUT2D eigenvalue weighted by Gasteiger charge is 2.19. The fourth-order valence-corrected chi connectivity index (χ4v) is 3.47. The second-order valence-corrected chi connectivity index (χ2v) is 7.26. The first-order valence-corrected chi connectivity index (χ1v) is 8.32. The lowest BCUT2D eigenvalue weighted by Gasteiger charge is -2.21. The zero-order valence-electron chi connectivity index (χ0n) is 12.7. The minimum atomic E-state index is -0.915. The van der Waals surface area contributed by atoms with Gasteiger partial charge >= 0.3 is 0 Å². The van der Waals surface area contributed by atoms with E-state index in [9.17, 15) is 4.21 Å². The van der Waals surface area contributed by atoms with E-state index < -0.39 is 10.8 Å². The van der Waals surface area contributed by atoms with Crippen LogP contribution in [0.4, 0.5) is 0 Å². The lowest BCUT2D eigenvalue weighted by Crippen LogP contribution is -2.07. The molecule has 0 aromatic heterocycles. The number of rotatable bonds is 4. The lowest BCUT2D eigenvalue weighted by atomic mass is 9.89. The Morgan fingerprint density at radius 1 is 0.833 bits per heavy atom. The van der Waals surface area contributed by atoms with Gasteiger partial charge in [0.05, 0.1) is 10.8 Å². The maximum atomic E-state index is 12.1. The predicted octanol–water partition coefficient (Wildman–Crippen LogP) is 4.79. The van der Waals surface area contributed by atoms with Gasteiger partial charge in [-0.1, -0.05) is 53.7 Å². The molecular formula is C16H26OS. The highest BCUT2D eigenvalue weighted by Crippen LogP contribution is 2.33. The van der Waals surface area contributed by atoms with E-state index in [1.807, 2.05) is 0 Å². The van der Waals surface area contributed by atoms with E-state index in [0.717, 1.165) is 4.90 Å². The summed E-state index contributed by atoms with van der Waals surface area (Å²) in [5, 5.41) is 0. The van der Waals surface area contributed by atoms with Gasteiger partial charge in [-0.25, -0.2) is 0 Å². The minimum Gasteiger partial charge on any atom is -0.255 e. The van der Waals surface area contributed by atoms with Crippen LogP contribution in [0.5, 0.6) is 0 Å². The van der Waals surface area contributed by atoms with Gasteiger partial charge in [0, 0.05) is 11.2 Å². The first-order valence-electron chi connectivity index (χ1n) is 6.76. The third-order valence-electron chi connectivity index (χ3n) is 3.37. The molecule has 1 atom stereocenters. The van der Waals surface area contributed by atoms with E-state index in [1.165, 1.54) is 16.7 Å². The molecule has 18 heavy (non-hydrogen) atoms.